The van der Waals surface area contributed by atoms with E-state index >= 15 is 0 Å². The van der Waals surface area contributed by atoms with Gasteiger partial charge in [0.1, 0.15) is 5.75 Å². The number of carbonyl (C=O) groups excluding carboxylic acids is 2. The second-order valence-corrected chi connectivity index (χ2v) is 7.66. The molecular weight excluding hydrogens is 370 g/mol. The Morgan fingerprint density at radius 3 is 2.52 bits per heavy atom. The molecule has 1 atom stereocenters. The van der Waals surface area contributed by atoms with Gasteiger partial charge in [-0.25, -0.2) is 18.5 Å². The van der Waals surface area contributed by atoms with E-state index in [1.165, 1.54) is 19.2 Å². The van der Waals surface area contributed by atoms with Crippen LogP contribution in [0.4, 0.5) is 5.69 Å². The summed E-state index contributed by atoms with van der Waals surface area (Å²) in [5, 5.41) is 8.11. The van der Waals surface area contributed by atoms with Crippen molar-refractivity contribution in [1.82, 2.24) is 5.32 Å². The van der Waals surface area contributed by atoms with Crippen molar-refractivity contribution in [2.75, 3.05) is 12.0 Å². The Bertz CT molecular complexity index is 973. The number of anilines is 1. The summed E-state index contributed by atoms with van der Waals surface area (Å²) in [4.78, 5) is 26.1. The number of hydrogen-bond acceptors (Lipinski definition) is 6. The van der Waals surface area contributed by atoms with Crippen molar-refractivity contribution in [2.45, 2.75) is 23.9 Å². The predicted molar refractivity (Wildman–Crippen MR) is 98.5 cm³/mol. The van der Waals surface area contributed by atoms with Gasteiger partial charge in [-0.3, -0.25) is 9.59 Å². The molecule has 9 heteroatoms. The van der Waals surface area contributed by atoms with Gasteiger partial charge in [-0.1, -0.05) is 18.2 Å². The highest BCUT2D eigenvalue weighted by molar-refractivity contribution is 7.89. The lowest BCUT2D eigenvalue weighted by molar-refractivity contribution is -0.121. The van der Waals surface area contributed by atoms with Crippen LogP contribution in [0.25, 0.3) is 0 Å². The van der Waals surface area contributed by atoms with E-state index < -0.39 is 16.1 Å². The fraction of sp³-hybridized carbons (Fsp3) is 0.222. The van der Waals surface area contributed by atoms with E-state index in [2.05, 4.69) is 5.32 Å². The maximum absolute atomic E-state index is 12.6. The lowest BCUT2D eigenvalue weighted by Gasteiger charge is -2.16. The molecule has 3 N–H and O–H groups in total. The predicted octanol–water partition coefficient (Wildman–Crippen LogP) is 0.764. The second-order valence-electron chi connectivity index (χ2n) is 6.10. The summed E-state index contributed by atoms with van der Waals surface area (Å²) < 4.78 is 27.7. The van der Waals surface area contributed by atoms with Crippen LogP contribution in [0.3, 0.4) is 0 Å². The fourth-order valence-electron chi connectivity index (χ4n) is 2.85. The zero-order valence-electron chi connectivity index (χ0n) is 14.6. The average molecular weight is 389 g/mol. The largest absolute Gasteiger partial charge is 0.497 e. The van der Waals surface area contributed by atoms with Gasteiger partial charge in [-0.05, 0) is 29.8 Å². The molecule has 0 spiro atoms. The Balaban J connectivity index is 1.68. The monoisotopic (exact) mass is 389 g/mol. The van der Waals surface area contributed by atoms with Crippen molar-refractivity contribution in [2.24, 2.45) is 5.14 Å². The smallest absolute Gasteiger partial charge is 0.251 e. The van der Waals surface area contributed by atoms with E-state index in [1.807, 2.05) is 0 Å². The van der Waals surface area contributed by atoms with Gasteiger partial charge in [0, 0.05) is 12.6 Å². The molecule has 2 aromatic rings. The number of ether oxygens (including phenoxy) is 1. The molecule has 2 aromatic carbocycles. The average Bonchev–Trinajstić information content (AvgIpc) is 2.93. The highest BCUT2D eigenvalue weighted by atomic mass is 32.2. The minimum atomic E-state index is -3.75. The number of methoxy groups -OCH3 is 1. The summed E-state index contributed by atoms with van der Waals surface area (Å²) in [6.07, 6.45) is 0.0469. The van der Waals surface area contributed by atoms with Crippen LogP contribution in [0, 0.1) is 0 Å². The zero-order valence-corrected chi connectivity index (χ0v) is 15.4. The molecule has 1 aliphatic heterocycles. The molecule has 0 aromatic heterocycles. The van der Waals surface area contributed by atoms with Crippen LogP contribution in [-0.4, -0.2) is 33.4 Å². The number of primary sulfonamides is 1. The zero-order chi connectivity index (χ0) is 19.6. The van der Waals surface area contributed by atoms with E-state index in [0.717, 1.165) is 10.5 Å². The van der Waals surface area contributed by atoms with Crippen LogP contribution in [0.1, 0.15) is 12.0 Å². The molecule has 0 radical (unpaired) electrons. The van der Waals surface area contributed by atoms with Crippen molar-refractivity contribution >= 4 is 27.5 Å². The van der Waals surface area contributed by atoms with Crippen LogP contribution in [0.15, 0.2) is 53.4 Å². The first-order valence-corrected chi connectivity index (χ1v) is 9.70. The maximum atomic E-state index is 12.6. The van der Waals surface area contributed by atoms with Gasteiger partial charge in [0.05, 0.1) is 30.2 Å². The first kappa shape index (κ1) is 19.0. The molecule has 2 amide bonds. The number of sulfonamides is 1. The molecule has 27 heavy (non-hydrogen) atoms. The first-order valence-electron chi connectivity index (χ1n) is 8.15. The standard InChI is InChI=1S/C18H19N3O5S/c1-26-14-4-2-3-13(9-14)21-17(22)10-16(18(21)23)20-11-12-5-7-15(8-6-12)27(19,24)25/h2-9,16,20H,10-11H2,1H3,(H2,19,24,25)/t16-/m1/s1. The summed E-state index contributed by atoms with van der Waals surface area (Å²) in [6, 6.07) is 12.1. The van der Waals surface area contributed by atoms with Gasteiger partial charge in [0.2, 0.25) is 15.9 Å². The Morgan fingerprint density at radius 2 is 1.89 bits per heavy atom. The third-order valence-corrected chi connectivity index (χ3v) is 5.19. The number of nitrogens with one attached hydrogen (secondary N) is 1. The van der Waals surface area contributed by atoms with E-state index in [4.69, 9.17) is 9.88 Å². The normalized spacial score (nSPS) is 17.4. The summed E-state index contributed by atoms with van der Waals surface area (Å²) in [7, 11) is -2.23. The van der Waals surface area contributed by atoms with Gasteiger partial charge >= 0.3 is 0 Å². The molecule has 8 nitrogen and oxygen atoms in total. The Labute approximate surface area is 157 Å². The highest BCUT2D eigenvalue weighted by Crippen LogP contribution is 2.26. The molecule has 0 unspecified atom stereocenters. The molecule has 1 fully saturated rings. The van der Waals surface area contributed by atoms with E-state index in [0.29, 0.717) is 18.0 Å². The third-order valence-electron chi connectivity index (χ3n) is 4.26. The summed E-state index contributed by atoms with van der Waals surface area (Å²) in [5.41, 5.74) is 1.23. The molecular formula is C18H19N3O5S. The number of carbonyl (C=O) groups is 2. The van der Waals surface area contributed by atoms with Gasteiger partial charge in [0.25, 0.3) is 5.91 Å². The summed E-state index contributed by atoms with van der Waals surface area (Å²) >= 11 is 0. The molecule has 1 aliphatic rings. The second kappa shape index (κ2) is 7.47. The van der Waals surface area contributed by atoms with E-state index in [1.54, 1.807) is 36.4 Å². The SMILES string of the molecule is COc1cccc(N2C(=O)C[C@@H](NCc3ccc(S(N)(=O)=O)cc3)C2=O)c1. The van der Waals surface area contributed by atoms with E-state index in [9.17, 15) is 18.0 Å². The minimum absolute atomic E-state index is 0.0163. The first-order chi connectivity index (χ1) is 12.8. The quantitative estimate of drug-likeness (QED) is 0.704. The number of amides is 2. The lowest BCUT2D eigenvalue weighted by Crippen LogP contribution is -2.38. The third kappa shape index (κ3) is 4.16. The molecule has 3 rings (SSSR count). The Hall–Kier alpha value is -2.75. The maximum Gasteiger partial charge on any atom is 0.251 e. The number of nitrogens with two attached hydrogens (primary N) is 1. The van der Waals surface area contributed by atoms with Crippen LogP contribution in [0.2, 0.25) is 0 Å². The van der Waals surface area contributed by atoms with Gasteiger partial charge < -0.3 is 10.1 Å². The number of hydrogen-bond donors (Lipinski definition) is 2. The van der Waals surface area contributed by atoms with Crippen molar-refractivity contribution in [3.63, 3.8) is 0 Å². The molecule has 142 valence electrons. The van der Waals surface area contributed by atoms with Crippen LogP contribution < -0.4 is 20.1 Å². The molecule has 1 saturated heterocycles. The number of rotatable bonds is 6. The van der Waals surface area contributed by atoms with Gasteiger partial charge in [0.15, 0.2) is 0 Å². The fourth-order valence-corrected chi connectivity index (χ4v) is 3.37. The van der Waals surface area contributed by atoms with Crippen molar-refractivity contribution in [3.8, 4) is 5.75 Å². The van der Waals surface area contributed by atoms with Crippen LogP contribution >= 0.6 is 0 Å². The number of benzene rings is 2. The molecule has 0 aliphatic carbocycles. The number of imide groups is 1. The van der Waals surface area contributed by atoms with Gasteiger partial charge in [-0.2, -0.15) is 0 Å². The lowest BCUT2D eigenvalue weighted by atomic mass is 10.2. The summed E-state index contributed by atoms with van der Waals surface area (Å²) in [6.45, 7) is 0.306. The van der Waals surface area contributed by atoms with Gasteiger partial charge in [-0.15, -0.1) is 0 Å². The number of nitrogens with zero attached hydrogens (tertiary/aromatic N) is 1. The Morgan fingerprint density at radius 1 is 1.19 bits per heavy atom. The van der Waals surface area contributed by atoms with Crippen LogP contribution in [0.5, 0.6) is 5.75 Å². The molecule has 0 saturated carbocycles. The molecule has 0 bridgehead atoms. The summed E-state index contributed by atoms with van der Waals surface area (Å²) in [5.74, 6) is -0.0795. The van der Waals surface area contributed by atoms with Crippen LogP contribution in [-0.2, 0) is 26.2 Å². The van der Waals surface area contributed by atoms with Crippen molar-refractivity contribution in [3.05, 3.63) is 54.1 Å². The highest BCUT2D eigenvalue weighted by Gasteiger charge is 2.39. The minimum Gasteiger partial charge on any atom is -0.497 e. The van der Waals surface area contributed by atoms with E-state index in [-0.39, 0.29) is 23.1 Å². The topological polar surface area (TPSA) is 119 Å². The van der Waals surface area contributed by atoms with Crippen molar-refractivity contribution < 1.29 is 22.7 Å². The van der Waals surface area contributed by atoms with Crippen molar-refractivity contribution in [1.29, 1.82) is 0 Å². The Kier molecular flexibility index (Phi) is 5.26. The molecule has 1 heterocycles.